The van der Waals surface area contributed by atoms with E-state index in [1.807, 2.05) is 4.90 Å². The zero-order valence-corrected chi connectivity index (χ0v) is 27.6. The minimum atomic E-state index is -0.399. The van der Waals surface area contributed by atoms with Crippen LogP contribution >= 0.6 is 0 Å². The summed E-state index contributed by atoms with van der Waals surface area (Å²) in [5.74, 6) is 0.930. The second kappa shape index (κ2) is 9.65. The van der Waals surface area contributed by atoms with Gasteiger partial charge in [-0.3, -0.25) is 14.4 Å². The van der Waals surface area contributed by atoms with Crippen molar-refractivity contribution in [3.05, 3.63) is 11.6 Å². The van der Waals surface area contributed by atoms with Crippen LogP contribution in [0.1, 0.15) is 113 Å². The Bertz CT molecular complexity index is 1200. The number of ketones is 1. The molecular formula is C36H55NO5. The number of hydrogen-bond donors (Lipinski definition) is 0. The summed E-state index contributed by atoms with van der Waals surface area (Å²) in [6.07, 6.45) is 10.9. The van der Waals surface area contributed by atoms with E-state index in [-0.39, 0.29) is 56.9 Å². The van der Waals surface area contributed by atoms with Gasteiger partial charge in [0, 0.05) is 36.8 Å². The Morgan fingerprint density at radius 2 is 1.57 bits per heavy atom. The topological polar surface area (TPSA) is 72.9 Å². The molecule has 0 unspecified atom stereocenters. The van der Waals surface area contributed by atoms with E-state index in [0.29, 0.717) is 38.0 Å². The number of amides is 1. The van der Waals surface area contributed by atoms with Crippen molar-refractivity contribution in [1.29, 1.82) is 0 Å². The maximum absolute atomic E-state index is 14.6. The molecule has 5 fully saturated rings. The van der Waals surface area contributed by atoms with Gasteiger partial charge >= 0.3 is 5.97 Å². The van der Waals surface area contributed by atoms with Gasteiger partial charge in [-0.1, -0.05) is 54.0 Å². The summed E-state index contributed by atoms with van der Waals surface area (Å²) in [5, 5.41) is 0. The molecule has 6 heteroatoms. The van der Waals surface area contributed by atoms with Crippen LogP contribution in [0.25, 0.3) is 0 Å². The van der Waals surface area contributed by atoms with E-state index < -0.39 is 5.41 Å². The fourth-order valence-corrected chi connectivity index (χ4v) is 11.9. The van der Waals surface area contributed by atoms with Crippen LogP contribution < -0.4 is 0 Å². The Balaban J connectivity index is 1.36. The zero-order valence-electron chi connectivity index (χ0n) is 27.6. The van der Waals surface area contributed by atoms with Gasteiger partial charge in [0.05, 0.1) is 13.2 Å². The predicted octanol–water partition coefficient (Wildman–Crippen LogP) is 6.76. The normalized spacial score (nSPS) is 48.1. The van der Waals surface area contributed by atoms with Crippen molar-refractivity contribution < 1.29 is 23.9 Å². The first-order valence-corrected chi connectivity index (χ1v) is 16.8. The highest BCUT2D eigenvalue weighted by molar-refractivity contribution is 5.95. The van der Waals surface area contributed by atoms with E-state index in [2.05, 4.69) is 54.5 Å². The molecule has 1 amide bonds. The molecule has 1 saturated heterocycles. The minimum Gasteiger partial charge on any atom is -0.462 e. The summed E-state index contributed by atoms with van der Waals surface area (Å²) in [4.78, 5) is 42.6. The molecule has 0 aromatic carbocycles. The van der Waals surface area contributed by atoms with Crippen molar-refractivity contribution in [2.24, 2.45) is 50.2 Å². The van der Waals surface area contributed by atoms with E-state index in [1.165, 1.54) is 12.5 Å². The lowest BCUT2D eigenvalue weighted by Crippen LogP contribution is -2.67. The third kappa shape index (κ3) is 4.08. The largest absolute Gasteiger partial charge is 0.462 e. The number of fused-ring (bicyclic) bond motifs is 7. The summed E-state index contributed by atoms with van der Waals surface area (Å²) in [6, 6.07) is 0. The van der Waals surface area contributed by atoms with Crippen LogP contribution in [0, 0.1) is 50.2 Å². The molecule has 5 aliphatic carbocycles. The second-order valence-corrected chi connectivity index (χ2v) is 17.1. The number of allylic oxidation sites excluding steroid dienone is 2. The van der Waals surface area contributed by atoms with Crippen LogP contribution in [-0.4, -0.2) is 55.0 Å². The van der Waals surface area contributed by atoms with Crippen molar-refractivity contribution in [2.45, 2.75) is 119 Å². The summed E-state index contributed by atoms with van der Waals surface area (Å²) in [5.41, 5.74) is 0.573. The Hall–Kier alpha value is -1.69. The van der Waals surface area contributed by atoms with Gasteiger partial charge in [0.25, 0.3) is 0 Å². The Morgan fingerprint density at radius 1 is 0.905 bits per heavy atom. The van der Waals surface area contributed by atoms with Gasteiger partial charge < -0.3 is 14.4 Å². The molecule has 6 aliphatic rings. The first-order valence-electron chi connectivity index (χ1n) is 16.8. The standard InChI is InChI=1S/C36H55NO5/c1-23(38)42-28-10-11-34(6)27(31(28,2)3)9-12-36(8)29(34)26(39)21-24-25-22-33(5,30(40)37-17-19-41-20-18-37)14-13-32(25,4)15-16-35(24,36)7/h21,25,27-29H,9-20,22H2,1-8H3/t25-,27+,28+,29+,32-,33+,34+,35-,36+/m0/s1. The van der Waals surface area contributed by atoms with Crippen LogP contribution in [0.15, 0.2) is 11.6 Å². The van der Waals surface area contributed by atoms with E-state index in [9.17, 15) is 14.4 Å². The molecule has 0 N–H and O–H groups in total. The molecule has 0 spiro atoms. The highest BCUT2D eigenvalue weighted by atomic mass is 16.5. The lowest BCUT2D eigenvalue weighted by molar-refractivity contribution is -0.210. The molecule has 6 nitrogen and oxygen atoms in total. The summed E-state index contributed by atoms with van der Waals surface area (Å²) < 4.78 is 11.4. The van der Waals surface area contributed by atoms with Crippen LogP contribution in [0.2, 0.25) is 0 Å². The smallest absolute Gasteiger partial charge is 0.302 e. The molecule has 9 atom stereocenters. The average molecular weight is 582 g/mol. The molecule has 0 aromatic heterocycles. The lowest BCUT2D eigenvalue weighted by Gasteiger charge is -2.70. The van der Waals surface area contributed by atoms with Gasteiger partial charge in [-0.15, -0.1) is 0 Å². The first-order chi connectivity index (χ1) is 19.5. The molecule has 0 aromatic rings. The zero-order chi connectivity index (χ0) is 30.5. The van der Waals surface area contributed by atoms with Crippen LogP contribution in [0.5, 0.6) is 0 Å². The Labute approximate surface area is 253 Å². The highest BCUT2D eigenvalue weighted by Crippen LogP contribution is 2.75. The van der Waals surface area contributed by atoms with Gasteiger partial charge in [0.2, 0.25) is 5.91 Å². The maximum Gasteiger partial charge on any atom is 0.302 e. The monoisotopic (exact) mass is 581 g/mol. The molecule has 0 radical (unpaired) electrons. The number of carbonyl (C=O) groups is 3. The number of rotatable bonds is 2. The molecule has 4 saturated carbocycles. The number of ether oxygens (including phenoxy) is 2. The quantitative estimate of drug-likeness (QED) is 0.337. The SMILES string of the molecule is CC(=O)O[C@@H]1CC[C@]2(C)[C@H](CC[C@]3(C)[C@@H]2C(=O)C=C2[C@@H]4C[C@](C)(C(=O)N5CCOCC5)CC[C@@]4(C)CC[C@@]23C)C1(C)C. The molecule has 42 heavy (non-hydrogen) atoms. The van der Waals surface area contributed by atoms with E-state index in [1.54, 1.807) is 0 Å². The number of esters is 1. The maximum atomic E-state index is 14.6. The highest BCUT2D eigenvalue weighted by Gasteiger charge is 2.70. The molecule has 234 valence electrons. The lowest BCUT2D eigenvalue weighted by atomic mass is 9.33. The molecule has 0 bridgehead atoms. The predicted molar refractivity (Wildman–Crippen MR) is 162 cm³/mol. The van der Waals surface area contributed by atoms with Gasteiger partial charge in [-0.2, -0.15) is 0 Å². The van der Waals surface area contributed by atoms with Crippen molar-refractivity contribution in [2.75, 3.05) is 26.3 Å². The second-order valence-electron chi connectivity index (χ2n) is 17.1. The first kappa shape index (κ1) is 30.3. The van der Waals surface area contributed by atoms with Crippen molar-refractivity contribution in [1.82, 2.24) is 4.90 Å². The number of hydrogen-bond acceptors (Lipinski definition) is 5. The number of nitrogens with zero attached hydrogens (tertiary/aromatic N) is 1. The molecular weight excluding hydrogens is 526 g/mol. The summed E-state index contributed by atoms with van der Waals surface area (Å²) >= 11 is 0. The Morgan fingerprint density at radius 3 is 2.24 bits per heavy atom. The molecule has 1 aliphatic heterocycles. The molecule has 6 rings (SSSR count). The van der Waals surface area contributed by atoms with Gasteiger partial charge in [0.15, 0.2) is 5.78 Å². The van der Waals surface area contributed by atoms with Crippen molar-refractivity contribution in [3.63, 3.8) is 0 Å². The average Bonchev–Trinajstić information content (AvgIpc) is 2.92. The van der Waals surface area contributed by atoms with Crippen molar-refractivity contribution in [3.8, 4) is 0 Å². The number of carbonyl (C=O) groups excluding carboxylic acids is 3. The van der Waals surface area contributed by atoms with Crippen LogP contribution in [0.4, 0.5) is 0 Å². The van der Waals surface area contributed by atoms with Gasteiger partial charge in [0.1, 0.15) is 6.10 Å². The van der Waals surface area contributed by atoms with Crippen molar-refractivity contribution >= 4 is 17.7 Å². The number of morpholine rings is 1. The van der Waals surface area contributed by atoms with Crippen LogP contribution in [-0.2, 0) is 23.9 Å². The van der Waals surface area contributed by atoms with E-state index in [4.69, 9.17) is 9.47 Å². The molecule has 1 heterocycles. The minimum absolute atomic E-state index is 0.0376. The fraction of sp³-hybridized carbons (Fsp3) is 0.861. The van der Waals surface area contributed by atoms with E-state index >= 15 is 0 Å². The van der Waals surface area contributed by atoms with E-state index in [0.717, 1.165) is 57.8 Å². The third-order valence-corrected chi connectivity index (χ3v) is 14.6. The Kier molecular flexibility index (Phi) is 6.97. The summed E-state index contributed by atoms with van der Waals surface area (Å²) in [7, 11) is 0. The third-order valence-electron chi connectivity index (χ3n) is 14.6. The fourth-order valence-electron chi connectivity index (χ4n) is 11.9. The summed E-state index contributed by atoms with van der Waals surface area (Å²) in [6.45, 7) is 20.6. The van der Waals surface area contributed by atoms with Gasteiger partial charge in [-0.25, -0.2) is 0 Å². The van der Waals surface area contributed by atoms with Crippen LogP contribution in [0.3, 0.4) is 0 Å². The van der Waals surface area contributed by atoms with Gasteiger partial charge in [-0.05, 0) is 97.4 Å².